The summed E-state index contributed by atoms with van der Waals surface area (Å²) in [6.07, 6.45) is 0.482. The smallest absolute Gasteiger partial charge is 0.247 e. The van der Waals surface area contributed by atoms with Crippen LogP contribution in [-0.2, 0) is 22.6 Å². The minimum absolute atomic E-state index is 0.0505. The molecule has 0 unspecified atom stereocenters. The quantitative estimate of drug-likeness (QED) is 0.436. The van der Waals surface area contributed by atoms with E-state index in [4.69, 9.17) is 16.7 Å². The van der Waals surface area contributed by atoms with Gasteiger partial charge >= 0.3 is 0 Å². The number of nitrogens with zero attached hydrogens (tertiary/aromatic N) is 1. The molecule has 0 fully saturated rings. The second kappa shape index (κ2) is 12.1. The number of halogens is 2. The summed E-state index contributed by atoms with van der Waals surface area (Å²) in [6.45, 7) is 0.360. The van der Waals surface area contributed by atoms with Crippen LogP contribution in [0.4, 0.5) is 4.39 Å². The SMILES string of the molecule is O=C(NCCCO)[C@@H](c1ccccc1)N(Cc1ccc(F)cc1)C(=O)Cc1ccc(Cl)cc1. The Morgan fingerprint density at radius 1 is 0.939 bits per heavy atom. The van der Waals surface area contributed by atoms with E-state index in [-0.39, 0.29) is 43.7 Å². The van der Waals surface area contributed by atoms with Gasteiger partial charge in [0.2, 0.25) is 11.8 Å². The van der Waals surface area contributed by atoms with E-state index >= 15 is 0 Å². The molecule has 0 spiro atoms. The molecule has 5 nitrogen and oxygen atoms in total. The summed E-state index contributed by atoms with van der Waals surface area (Å²) in [4.78, 5) is 28.3. The number of hydrogen-bond donors (Lipinski definition) is 2. The van der Waals surface area contributed by atoms with E-state index in [0.717, 1.165) is 5.56 Å². The first-order valence-electron chi connectivity index (χ1n) is 10.7. The van der Waals surface area contributed by atoms with Gasteiger partial charge in [-0.15, -0.1) is 0 Å². The first-order chi connectivity index (χ1) is 16.0. The molecule has 2 N–H and O–H groups in total. The molecule has 172 valence electrons. The molecule has 0 aliphatic heterocycles. The zero-order valence-corrected chi connectivity index (χ0v) is 18.8. The number of aliphatic hydroxyl groups is 1. The zero-order chi connectivity index (χ0) is 23.6. The molecule has 2 amide bonds. The first-order valence-corrected chi connectivity index (χ1v) is 11.1. The van der Waals surface area contributed by atoms with Crippen molar-refractivity contribution in [3.63, 3.8) is 0 Å². The van der Waals surface area contributed by atoms with Gasteiger partial charge in [0.05, 0.1) is 6.42 Å². The molecular weight excluding hydrogens is 443 g/mol. The molecular formula is C26H26ClFN2O3. The Morgan fingerprint density at radius 3 is 2.21 bits per heavy atom. The van der Waals surface area contributed by atoms with Crippen LogP contribution in [0.15, 0.2) is 78.9 Å². The highest BCUT2D eigenvalue weighted by molar-refractivity contribution is 6.30. The lowest BCUT2D eigenvalue weighted by Gasteiger charge is -2.32. The second-order valence-electron chi connectivity index (χ2n) is 7.63. The van der Waals surface area contributed by atoms with E-state index in [0.29, 0.717) is 22.6 Å². The number of carbonyl (C=O) groups is 2. The molecule has 0 aromatic heterocycles. The van der Waals surface area contributed by atoms with E-state index in [2.05, 4.69) is 5.32 Å². The standard InChI is InChI=1S/C26H26ClFN2O3/c27-22-11-7-19(8-12-22)17-24(32)30(18-20-9-13-23(28)14-10-20)25(21-5-2-1-3-6-21)26(33)29-15-4-16-31/h1-3,5-14,25,31H,4,15-18H2,(H,29,33)/t25-/m1/s1. The van der Waals surface area contributed by atoms with Crippen LogP contribution >= 0.6 is 11.6 Å². The molecule has 0 aliphatic carbocycles. The average molecular weight is 469 g/mol. The highest BCUT2D eigenvalue weighted by Crippen LogP contribution is 2.25. The number of rotatable bonds is 10. The molecule has 3 aromatic carbocycles. The Kier molecular flexibility index (Phi) is 8.98. The van der Waals surface area contributed by atoms with Gasteiger partial charge in [0.1, 0.15) is 11.9 Å². The van der Waals surface area contributed by atoms with Crippen molar-refractivity contribution in [1.82, 2.24) is 10.2 Å². The van der Waals surface area contributed by atoms with Gasteiger partial charge in [0.25, 0.3) is 0 Å². The molecule has 0 saturated carbocycles. The summed E-state index contributed by atoms with van der Waals surface area (Å²) < 4.78 is 13.5. The number of nitrogens with one attached hydrogen (secondary N) is 1. The molecule has 0 saturated heterocycles. The molecule has 0 aliphatic rings. The Morgan fingerprint density at radius 2 is 1.58 bits per heavy atom. The maximum Gasteiger partial charge on any atom is 0.247 e. The monoisotopic (exact) mass is 468 g/mol. The van der Waals surface area contributed by atoms with Crippen LogP contribution in [-0.4, -0.2) is 35.0 Å². The highest BCUT2D eigenvalue weighted by atomic mass is 35.5. The molecule has 33 heavy (non-hydrogen) atoms. The van der Waals surface area contributed by atoms with Crippen molar-refractivity contribution >= 4 is 23.4 Å². The lowest BCUT2D eigenvalue weighted by molar-refractivity contribution is -0.141. The summed E-state index contributed by atoms with van der Waals surface area (Å²) in [5, 5.41) is 12.5. The fourth-order valence-electron chi connectivity index (χ4n) is 3.48. The van der Waals surface area contributed by atoms with E-state index in [1.54, 1.807) is 48.5 Å². The normalized spacial score (nSPS) is 11.6. The molecule has 0 radical (unpaired) electrons. The van der Waals surface area contributed by atoms with Gasteiger partial charge < -0.3 is 15.3 Å². The predicted molar refractivity (Wildman–Crippen MR) is 126 cm³/mol. The van der Waals surface area contributed by atoms with Crippen molar-refractivity contribution in [2.75, 3.05) is 13.2 Å². The topological polar surface area (TPSA) is 69.6 Å². The summed E-state index contributed by atoms with van der Waals surface area (Å²) >= 11 is 5.97. The summed E-state index contributed by atoms with van der Waals surface area (Å²) in [7, 11) is 0. The van der Waals surface area contributed by atoms with E-state index in [1.165, 1.54) is 17.0 Å². The first kappa shape index (κ1) is 24.4. The van der Waals surface area contributed by atoms with Crippen LogP contribution in [0.2, 0.25) is 5.02 Å². The number of carbonyl (C=O) groups excluding carboxylic acids is 2. The Balaban J connectivity index is 1.96. The number of benzene rings is 3. The number of aliphatic hydroxyl groups excluding tert-OH is 1. The minimum atomic E-state index is -0.894. The van der Waals surface area contributed by atoms with Crippen molar-refractivity contribution in [2.24, 2.45) is 0 Å². The van der Waals surface area contributed by atoms with Crippen LogP contribution in [0.5, 0.6) is 0 Å². The lowest BCUT2D eigenvalue weighted by Crippen LogP contribution is -2.44. The van der Waals surface area contributed by atoms with Crippen molar-refractivity contribution in [3.05, 3.63) is 106 Å². The molecule has 0 bridgehead atoms. The Bertz CT molecular complexity index is 1040. The van der Waals surface area contributed by atoms with Crippen molar-refractivity contribution < 1.29 is 19.1 Å². The largest absolute Gasteiger partial charge is 0.396 e. The predicted octanol–water partition coefficient (Wildman–Crippen LogP) is 4.29. The van der Waals surface area contributed by atoms with Gasteiger partial charge in [-0.25, -0.2) is 4.39 Å². The van der Waals surface area contributed by atoms with Gasteiger partial charge in [-0.05, 0) is 47.4 Å². The van der Waals surface area contributed by atoms with Crippen LogP contribution < -0.4 is 5.32 Å². The van der Waals surface area contributed by atoms with Gasteiger partial charge in [-0.2, -0.15) is 0 Å². The minimum Gasteiger partial charge on any atom is -0.396 e. The van der Waals surface area contributed by atoms with Crippen LogP contribution in [0.3, 0.4) is 0 Å². The Hall–Kier alpha value is -3.22. The van der Waals surface area contributed by atoms with Crippen LogP contribution in [0, 0.1) is 5.82 Å². The van der Waals surface area contributed by atoms with E-state index in [1.807, 2.05) is 18.2 Å². The molecule has 0 heterocycles. The van der Waals surface area contributed by atoms with Gasteiger partial charge in [0, 0.05) is 24.7 Å². The fourth-order valence-corrected chi connectivity index (χ4v) is 3.61. The van der Waals surface area contributed by atoms with E-state index < -0.39 is 6.04 Å². The number of hydrogen-bond acceptors (Lipinski definition) is 3. The second-order valence-corrected chi connectivity index (χ2v) is 8.07. The maximum absolute atomic E-state index is 13.5. The summed E-state index contributed by atoms with van der Waals surface area (Å²) in [5.41, 5.74) is 2.12. The third kappa shape index (κ3) is 7.14. The van der Waals surface area contributed by atoms with E-state index in [9.17, 15) is 14.0 Å². The van der Waals surface area contributed by atoms with Gasteiger partial charge in [-0.3, -0.25) is 9.59 Å². The summed E-state index contributed by atoms with van der Waals surface area (Å²) in [5.74, 6) is -0.979. The van der Waals surface area contributed by atoms with Crippen LogP contribution in [0.25, 0.3) is 0 Å². The third-order valence-electron chi connectivity index (χ3n) is 5.16. The maximum atomic E-state index is 13.5. The van der Waals surface area contributed by atoms with Crippen LogP contribution in [0.1, 0.15) is 29.2 Å². The highest BCUT2D eigenvalue weighted by Gasteiger charge is 2.31. The molecule has 1 atom stereocenters. The van der Waals surface area contributed by atoms with Crippen molar-refractivity contribution in [3.8, 4) is 0 Å². The van der Waals surface area contributed by atoms with Crippen molar-refractivity contribution in [2.45, 2.75) is 25.4 Å². The average Bonchev–Trinajstić information content (AvgIpc) is 2.82. The van der Waals surface area contributed by atoms with Crippen molar-refractivity contribution in [1.29, 1.82) is 0 Å². The molecule has 7 heteroatoms. The molecule has 3 rings (SSSR count). The molecule has 3 aromatic rings. The zero-order valence-electron chi connectivity index (χ0n) is 18.1. The van der Waals surface area contributed by atoms with Gasteiger partial charge in [-0.1, -0.05) is 66.2 Å². The Labute approximate surface area is 197 Å². The third-order valence-corrected chi connectivity index (χ3v) is 5.42. The van der Waals surface area contributed by atoms with Gasteiger partial charge in [0.15, 0.2) is 0 Å². The number of amides is 2. The lowest BCUT2D eigenvalue weighted by atomic mass is 10.0. The fraction of sp³-hybridized carbons (Fsp3) is 0.231. The summed E-state index contributed by atoms with van der Waals surface area (Å²) in [6, 6.07) is 21.0.